The highest BCUT2D eigenvalue weighted by Crippen LogP contribution is 2.25. The summed E-state index contributed by atoms with van der Waals surface area (Å²) in [6, 6.07) is 6.33. The molecule has 0 saturated carbocycles. The third kappa shape index (κ3) is 3.45. The molecule has 0 N–H and O–H groups in total. The summed E-state index contributed by atoms with van der Waals surface area (Å²) in [6.07, 6.45) is 1.46. The SMILES string of the molecule is Cc1ccc(CN(C(C)C)S(=O)(=O)c2cccnc2Cl)o1. The van der Waals surface area contributed by atoms with Crippen LogP contribution in [0.1, 0.15) is 25.4 Å². The minimum Gasteiger partial charge on any atom is -0.465 e. The van der Waals surface area contributed by atoms with Crippen molar-refractivity contribution in [1.29, 1.82) is 0 Å². The molecule has 0 bridgehead atoms. The summed E-state index contributed by atoms with van der Waals surface area (Å²) < 4.78 is 32.3. The lowest BCUT2D eigenvalue weighted by molar-refractivity contribution is 0.314. The van der Waals surface area contributed by atoms with Crippen molar-refractivity contribution in [2.75, 3.05) is 0 Å². The van der Waals surface area contributed by atoms with Gasteiger partial charge in [0.2, 0.25) is 10.0 Å². The van der Waals surface area contributed by atoms with Crippen LogP contribution in [-0.2, 0) is 16.6 Å². The standard InChI is InChI=1S/C14H17ClN2O3S/c1-10(2)17(9-12-7-6-11(3)20-12)21(18,19)13-5-4-8-16-14(13)15/h4-8,10H,9H2,1-3H3. The van der Waals surface area contributed by atoms with Gasteiger partial charge in [-0.05, 0) is 45.0 Å². The molecule has 0 unspecified atom stereocenters. The lowest BCUT2D eigenvalue weighted by Crippen LogP contribution is -2.36. The molecule has 21 heavy (non-hydrogen) atoms. The number of sulfonamides is 1. The number of aryl methyl sites for hydroxylation is 1. The van der Waals surface area contributed by atoms with Crippen molar-refractivity contribution >= 4 is 21.6 Å². The van der Waals surface area contributed by atoms with Gasteiger partial charge in [-0.3, -0.25) is 0 Å². The fourth-order valence-electron chi connectivity index (χ4n) is 1.96. The predicted molar refractivity (Wildman–Crippen MR) is 80.6 cm³/mol. The molecule has 0 amide bonds. The topological polar surface area (TPSA) is 63.4 Å². The van der Waals surface area contributed by atoms with Gasteiger partial charge < -0.3 is 4.42 Å². The molecule has 2 aromatic heterocycles. The zero-order chi connectivity index (χ0) is 15.6. The van der Waals surface area contributed by atoms with Gasteiger partial charge in [-0.25, -0.2) is 13.4 Å². The molecule has 0 aromatic carbocycles. The summed E-state index contributed by atoms with van der Waals surface area (Å²) in [5.41, 5.74) is 0. The van der Waals surface area contributed by atoms with Gasteiger partial charge in [-0.2, -0.15) is 4.31 Å². The van der Waals surface area contributed by atoms with E-state index in [0.717, 1.165) is 5.76 Å². The van der Waals surface area contributed by atoms with E-state index in [1.807, 2.05) is 6.92 Å². The van der Waals surface area contributed by atoms with Gasteiger partial charge in [0.25, 0.3) is 0 Å². The Morgan fingerprint density at radius 2 is 2.05 bits per heavy atom. The third-order valence-electron chi connectivity index (χ3n) is 3.00. The van der Waals surface area contributed by atoms with Crippen LogP contribution in [0.2, 0.25) is 5.15 Å². The monoisotopic (exact) mass is 328 g/mol. The molecular weight excluding hydrogens is 312 g/mol. The Bertz CT molecular complexity index is 725. The van der Waals surface area contributed by atoms with Crippen LogP contribution in [0.25, 0.3) is 0 Å². The Balaban J connectivity index is 2.40. The van der Waals surface area contributed by atoms with Crippen LogP contribution in [0.3, 0.4) is 0 Å². The number of rotatable bonds is 5. The maximum absolute atomic E-state index is 12.8. The van der Waals surface area contributed by atoms with Crippen LogP contribution < -0.4 is 0 Å². The van der Waals surface area contributed by atoms with Crippen molar-refractivity contribution < 1.29 is 12.8 Å². The maximum atomic E-state index is 12.8. The molecule has 5 nitrogen and oxygen atoms in total. The molecule has 0 spiro atoms. The fraction of sp³-hybridized carbons (Fsp3) is 0.357. The molecule has 114 valence electrons. The number of pyridine rings is 1. The fourth-order valence-corrected chi connectivity index (χ4v) is 3.99. The molecular formula is C14H17ClN2O3S. The number of nitrogens with zero attached hydrogens (tertiary/aromatic N) is 2. The van der Waals surface area contributed by atoms with Gasteiger partial charge in [0.05, 0.1) is 6.54 Å². The molecule has 0 radical (unpaired) electrons. The van der Waals surface area contributed by atoms with Gasteiger partial charge in [0, 0.05) is 12.2 Å². The summed E-state index contributed by atoms with van der Waals surface area (Å²) in [5, 5.41) is -0.0289. The highest BCUT2D eigenvalue weighted by atomic mass is 35.5. The first-order chi connectivity index (χ1) is 9.82. The maximum Gasteiger partial charge on any atom is 0.246 e. The molecule has 0 saturated heterocycles. The van der Waals surface area contributed by atoms with E-state index < -0.39 is 10.0 Å². The summed E-state index contributed by atoms with van der Waals surface area (Å²) in [6.45, 7) is 5.57. The molecule has 0 aliphatic heterocycles. The molecule has 0 aliphatic carbocycles. The number of hydrogen-bond donors (Lipinski definition) is 0. The van der Waals surface area contributed by atoms with E-state index in [4.69, 9.17) is 16.0 Å². The van der Waals surface area contributed by atoms with E-state index >= 15 is 0 Å². The molecule has 0 aliphatic rings. The summed E-state index contributed by atoms with van der Waals surface area (Å²) in [5.74, 6) is 1.33. The summed E-state index contributed by atoms with van der Waals surface area (Å²) in [4.78, 5) is 3.84. The first-order valence-corrected chi connectivity index (χ1v) is 8.32. The zero-order valence-electron chi connectivity index (χ0n) is 12.1. The Labute approximate surface area is 129 Å². The van der Waals surface area contributed by atoms with Crippen molar-refractivity contribution in [3.05, 3.63) is 47.1 Å². The van der Waals surface area contributed by atoms with E-state index in [1.54, 1.807) is 32.0 Å². The van der Waals surface area contributed by atoms with E-state index in [0.29, 0.717) is 5.76 Å². The average Bonchev–Trinajstić information content (AvgIpc) is 2.81. The Hall–Kier alpha value is -1.37. The van der Waals surface area contributed by atoms with Gasteiger partial charge in [0.15, 0.2) is 0 Å². The molecule has 2 aromatic rings. The lowest BCUT2D eigenvalue weighted by atomic mass is 10.3. The van der Waals surface area contributed by atoms with Crippen molar-refractivity contribution in [3.63, 3.8) is 0 Å². The van der Waals surface area contributed by atoms with Crippen LogP contribution in [0.4, 0.5) is 0 Å². The zero-order valence-corrected chi connectivity index (χ0v) is 13.6. The van der Waals surface area contributed by atoms with Crippen molar-refractivity contribution in [2.24, 2.45) is 0 Å². The summed E-state index contributed by atoms with van der Waals surface area (Å²) in [7, 11) is -3.74. The average molecular weight is 329 g/mol. The van der Waals surface area contributed by atoms with Crippen LogP contribution in [-0.4, -0.2) is 23.7 Å². The molecule has 0 fully saturated rings. The number of hydrogen-bond acceptors (Lipinski definition) is 4. The van der Waals surface area contributed by atoms with Crippen LogP contribution >= 0.6 is 11.6 Å². The summed E-state index contributed by atoms with van der Waals surface area (Å²) >= 11 is 5.92. The highest BCUT2D eigenvalue weighted by Gasteiger charge is 2.30. The van der Waals surface area contributed by atoms with Gasteiger partial charge in [0.1, 0.15) is 21.6 Å². The van der Waals surface area contributed by atoms with Crippen molar-refractivity contribution in [2.45, 2.75) is 38.3 Å². The molecule has 2 rings (SSSR count). The van der Waals surface area contributed by atoms with Crippen LogP contribution in [0, 0.1) is 6.92 Å². The minimum absolute atomic E-state index is 0.00337. The van der Waals surface area contributed by atoms with Gasteiger partial charge >= 0.3 is 0 Å². The second-order valence-electron chi connectivity index (χ2n) is 4.95. The smallest absolute Gasteiger partial charge is 0.246 e. The number of furan rings is 1. The van der Waals surface area contributed by atoms with E-state index in [1.165, 1.54) is 16.6 Å². The van der Waals surface area contributed by atoms with E-state index in [2.05, 4.69) is 4.98 Å². The predicted octanol–water partition coefficient (Wildman–Crippen LogP) is 3.24. The Kier molecular flexibility index (Phi) is 4.70. The van der Waals surface area contributed by atoms with E-state index in [9.17, 15) is 8.42 Å². The Morgan fingerprint density at radius 3 is 2.57 bits per heavy atom. The molecule has 2 heterocycles. The van der Waals surface area contributed by atoms with Crippen LogP contribution in [0.5, 0.6) is 0 Å². The quantitative estimate of drug-likeness (QED) is 0.790. The van der Waals surface area contributed by atoms with E-state index in [-0.39, 0.29) is 22.6 Å². The first-order valence-electron chi connectivity index (χ1n) is 6.50. The number of aromatic nitrogens is 1. The Morgan fingerprint density at radius 1 is 1.33 bits per heavy atom. The van der Waals surface area contributed by atoms with Gasteiger partial charge in [-0.15, -0.1) is 0 Å². The van der Waals surface area contributed by atoms with Crippen LogP contribution in [0.15, 0.2) is 39.8 Å². The molecule has 0 atom stereocenters. The highest BCUT2D eigenvalue weighted by molar-refractivity contribution is 7.89. The largest absolute Gasteiger partial charge is 0.465 e. The molecule has 7 heteroatoms. The second kappa shape index (κ2) is 6.17. The lowest BCUT2D eigenvalue weighted by Gasteiger charge is -2.25. The first kappa shape index (κ1) is 16.0. The normalized spacial score (nSPS) is 12.3. The van der Waals surface area contributed by atoms with Crippen molar-refractivity contribution in [1.82, 2.24) is 9.29 Å². The third-order valence-corrected chi connectivity index (χ3v) is 5.46. The number of halogens is 1. The van der Waals surface area contributed by atoms with Crippen molar-refractivity contribution in [3.8, 4) is 0 Å². The van der Waals surface area contributed by atoms with Gasteiger partial charge in [-0.1, -0.05) is 11.6 Å². The minimum atomic E-state index is -3.74. The second-order valence-corrected chi connectivity index (χ2v) is 7.17.